The number of hydrogen-bond donors (Lipinski definition) is 1. The van der Waals surface area contributed by atoms with E-state index >= 15 is 0 Å². The van der Waals surface area contributed by atoms with Gasteiger partial charge in [-0.2, -0.15) is 11.3 Å². The lowest BCUT2D eigenvalue weighted by molar-refractivity contribution is 1.15. The highest BCUT2D eigenvalue weighted by Crippen LogP contribution is 2.34. The van der Waals surface area contributed by atoms with Crippen LogP contribution >= 0.6 is 45.8 Å². The van der Waals surface area contributed by atoms with Gasteiger partial charge in [0.1, 0.15) is 10.7 Å². The molecule has 3 nitrogen and oxygen atoms in total. The van der Waals surface area contributed by atoms with Crippen LogP contribution in [0.25, 0.3) is 31.6 Å². The molecule has 0 radical (unpaired) electrons. The van der Waals surface area contributed by atoms with Crippen molar-refractivity contribution in [2.45, 2.75) is 0 Å². The van der Waals surface area contributed by atoms with Crippen molar-refractivity contribution in [2.24, 2.45) is 0 Å². The largest absolute Gasteiger partial charge is 0.305 e. The maximum absolute atomic E-state index is 12.7. The zero-order chi connectivity index (χ0) is 16.5. The maximum atomic E-state index is 12.7. The number of aromatic amines is 1. The van der Waals surface area contributed by atoms with Gasteiger partial charge in [0.25, 0.3) is 5.56 Å². The van der Waals surface area contributed by atoms with Crippen molar-refractivity contribution in [1.29, 1.82) is 0 Å². The Morgan fingerprint density at radius 1 is 1.25 bits per heavy atom. The quantitative estimate of drug-likeness (QED) is 0.492. The van der Waals surface area contributed by atoms with E-state index in [9.17, 15) is 4.79 Å². The molecular weight excluding hydrogens is 376 g/mol. The van der Waals surface area contributed by atoms with Gasteiger partial charge in [-0.25, -0.2) is 4.98 Å². The molecular formula is C17H12N2OS4. The summed E-state index contributed by atoms with van der Waals surface area (Å²) in [7, 11) is 0. The molecule has 24 heavy (non-hydrogen) atoms. The summed E-state index contributed by atoms with van der Waals surface area (Å²) in [5.74, 6) is 0.630. The van der Waals surface area contributed by atoms with Gasteiger partial charge in [0.15, 0.2) is 0 Å². The molecule has 0 spiro atoms. The van der Waals surface area contributed by atoms with E-state index in [4.69, 9.17) is 4.98 Å². The van der Waals surface area contributed by atoms with Gasteiger partial charge >= 0.3 is 0 Å². The first kappa shape index (κ1) is 15.8. The molecule has 0 aliphatic heterocycles. The minimum absolute atomic E-state index is 0.0788. The molecule has 0 saturated carbocycles. The summed E-state index contributed by atoms with van der Waals surface area (Å²) < 4.78 is 0. The minimum atomic E-state index is -0.0788. The van der Waals surface area contributed by atoms with Crippen molar-refractivity contribution in [3.05, 3.63) is 61.5 Å². The van der Waals surface area contributed by atoms with Gasteiger partial charge in [-0.1, -0.05) is 6.07 Å². The lowest BCUT2D eigenvalue weighted by atomic mass is 10.2. The third-order valence-electron chi connectivity index (χ3n) is 3.52. The average molecular weight is 389 g/mol. The van der Waals surface area contributed by atoms with Gasteiger partial charge < -0.3 is 4.98 Å². The molecule has 120 valence electrons. The first-order chi connectivity index (χ1) is 11.8. The number of aromatic nitrogens is 2. The van der Waals surface area contributed by atoms with E-state index in [1.165, 1.54) is 11.3 Å². The third kappa shape index (κ3) is 2.88. The Hall–Kier alpha value is -1.67. The Balaban J connectivity index is 1.86. The van der Waals surface area contributed by atoms with Gasteiger partial charge in [0, 0.05) is 15.8 Å². The number of thioether (sulfide) groups is 1. The third-order valence-corrected chi connectivity index (χ3v) is 6.75. The molecule has 0 saturated heterocycles. The number of nitrogens with zero attached hydrogens (tertiary/aromatic N) is 1. The minimum Gasteiger partial charge on any atom is -0.305 e. The van der Waals surface area contributed by atoms with Gasteiger partial charge in [-0.05, 0) is 46.2 Å². The molecule has 4 aromatic heterocycles. The van der Waals surface area contributed by atoms with E-state index < -0.39 is 0 Å². The molecule has 7 heteroatoms. The summed E-state index contributed by atoms with van der Waals surface area (Å²) in [4.78, 5) is 23.2. The van der Waals surface area contributed by atoms with Crippen molar-refractivity contribution in [2.75, 3.05) is 6.26 Å². The Kier molecular flexibility index (Phi) is 4.41. The van der Waals surface area contributed by atoms with Crippen molar-refractivity contribution in [1.82, 2.24) is 9.97 Å². The molecule has 0 aliphatic rings. The molecule has 4 aromatic rings. The zero-order valence-corrected chi connectivity index (χ0v) is 15.9. The topological polar surface area (TPSA) is 45.8 Å². The van der Waals surface area contributed by atoms with E-state index in [1.54, 1.807) is 34.4 Å². The Labute approximate surface area is 154 Å². The van der Waals surface area contributed by atoms with Gasteiger partial charge in [0.05, 0.1) is 10.3 Å². The van der Waals surface area contributed by atoms with Crippen molar-refractivity contribution < 1.29 is 0 Å². The molecule has 0 unspecified atom stereocenters. The SMILES string of the molecule is CS/C(=C\c1ccsc1)c1nc2scc(-c3cccs3)c2c(=O)[nH]1. The summed E-state index contributed by atoms with van der Waals surface area (Å²) >= 11 is 6.39. The van der Waals surface area contributed by atoms with E-state index in [-0.39, 0.29) is 5.56 Å². The Bertz CT molecular complexity index is 1060. The van der Waals surface area contributed by atoms with E-state index in [0.717, 1.165) is 25.7 Å². The molecule has 4 heterocycles. The van der Waals surface area contributed by atoms with E-state index in [1.807, 2.05) is 34.5 Å². The second-order valence-corrected chi connectivity index (χ2v) is 8.42. The van der Waals surface area contributed by atoms with Crippen LogP contribution in [0.4, 0.5) is 0 Å². The number of thiophene rings is 3. The van der Waals surface area contributed by atoms with E-state index in [0.29, 0.717) is 11.2 Å². The predicted octanol–water partition coefficient (Wildman–Crippen LogP) is 5.64. The van der Waals surface area contributed by atoms with Gasteiger partial charge in [-0.15, -0.1) is 34.4 Å². The van der Waals surface area contributed by atoms with Crippen molar-refractivity contribution in [3.63, 3.8) is 0 Å². The summed E-state index contributed by atoms with van der Waals surface area (Å²) in [5, 5.41) is 8.83. The van der Waals surface area contributed by atoms with Crippen LogP contribution in [0.3, 0.4) is 0 Å². The predicted molar refractivity (Wildman–Crippen MR) is 109 cm³/mol. The second kappa shape index (κ2) is 6.68. The first-order valence-corrected chi connectivity index (χ1v) is 11.0. The van der Waals surface area contributed by atoms with Gasteiger partial charge in [0.2, 0.25) is 0 Å². The molecule has 0 fully saturated rings. The van der Waals surface area contributed by atoms with Crippen molar-refractivity contribution >= 4 is 67.0 Å². The van der Waals surface area contributed by atoms with Crippen LogP contribution in [0, 0.1) is 0 Å². The van der Waals surface area contributed by atoms with Crippen LogP contribution in [0.2, 0.25) is 0 Å². The van der Waals surface area contributed by atoms with Crippen LogP contribution in [0.15, 0.2) is 44.5 Å². The van der Waals surface area contributed by atoms with Crippen LogP contribution in [0.1, 0.15) is 11.4 Å². The number of hydrogen-bond acceptors (Lipinski definition) is 6. The smallest absolute Gasteiger partial charge is 0.260 e. The maximum Gasteiger partial charge on any atom is 0.260 e. The summed E-state index contributed by atoms with van der Waals surface area (Å²) in [6.07, 6.45) is 4.05. The first-order valence-electron chi connectivity index (χ1n) is 7.10. The fourth-order valence-corrected chi connectivity index (χ4v) is 5.34. The number of H-pyrrole nitrogens is 1. The molecule has 0 aromatic carbocycles. The van der Waals surface area contributed by atoms with Gasteiger partial charge in [-0.3, -0.25) is 4.79 Å². The Morgan fingerprint density at radius 2 is 2.17 bits per heavy atom. The lowest BCUT2D eigenvalue weighted by Crippen LogP contribution is -2.10. The molecule has 4 rings (SSSR count). The summed E-state index contributed by atoms with van der Waals surface area (Å²) in [6.45, 7) is 0. The van der Waals surface area contributed by atoms with Crippen molar-refractivity contribution in [3.8, 4) is 10.4 Å². The normalized spacial score (nSPS) is 12.1. The van der Waals surface area contributed by atoms with Crippen LogP contribution in [-0.4, -0.2) is 16.2 Å². The number of rotatable bonds is 4. The number of nitrogens with one attached hydrogen (secondary N) is 1. The van der Waals surface area contributed by atoms with E-state index in [2.05, 4.69) is 22.5 Å². The number of fused-ring (bicyclic) bond motifs is 1. The summed E-state index contributed by atoms with van der Waals surface area (Å²) in [6, 6.07) is 6.08. The second-order valence-electron chi connectivity index (χ2n) is 4.99. The van der Waals surface area contributed by atoms with Crippen LogP contribution < -0.4 is 5.56 Å². The molecule has 0 amide bonds. The Morgan fingerprint density at radius 3 is 2.88 bits per heavy atom. The zero-order valence-electron chi connectivity index (χ0n) is 12.6. The molecule has 0 atom stereocenters. The molecule has 0 bridgehead atoms. The standard InChI is InChI=1S/C17H12N2OS4/c1-21-13(7-10-4-6-22-8-10)15-18-16(20)14-11(9-24-17(14)19-15)12-3-2-5-23-12/h2-9H,1H3,(H,18,19,20)/b13-7-. The monoisotopic (exact) mass is 388 g/mol. The average Bonchev–Trinajstić information content (AvgIpc) is 3.32. The lowest BCUT2D eigenvalue weighted by Gasteiger charge is -2.04. The van der Waals surface area contributed by atoms with Crippen LogP contribution in [-0.2, 0) is 0 Å². The summed E-state index contributed by atoms with van der Waals surface area (Å²) in [5.41, 5.74) is 2.01. The highest BCUT2D eigenvalue weighted by molar-refractivity contribution is 8.07. The fourth-order valence-electron chi connectivity index (χ4n) is 2.41. The molecule has 1 N–H and O–H groups in total. The fraction of sp³-hybridized carbons (Fsp3) is 0.0588. The van der Waals surface area contributed by atoms with Crippen LogP contribution in [0.5, 0.6) is 0 Å². The highest BCUT2D eigenvalue weighted by Gasteiger charge is 2.15. The highest BCUT2D eigenvalue weighted by atomic mass is 32.2. The molecule has 0 aliphatic carbocycles.